The smallest absolute Gasteiger partial charge is 0.224 e. The number of nitrogens with one attached hydrogen (secondary N) is 1. The second kappa shape index (κ2) is 5.83. The van der Waals surface area contributed by atoms with Crippen molar-refractivity contribution in [2.24, 2.45) is 0 Å². The predicted octanol–water partition coefficient (Wildman–Crippen LogP) is 1.84. The molecule has 0 fully saturated rings. The van der Waals surface area contributed by atoms with E-state index in [-0.39, 0.29) is 5.91 Å². The molecule has 1 aromatic heterocycles. The van der Waals surface area contributed by atoms with Crippen LogP contribution in [0.15, 0.2) is 36.5 Å². The molecule has 0 radical (unpaired) electrons. The third-order valence-electron chi connectivity index (χ3n) is 3.42. The first-order valence-corrected chi connectivity index (χ1v) is 6.75. The summed E-state index contributed by atoms with van der Waals surface area (Å²) in [6.45, 7) is 0.960. The van der Waals surface area contributed by atoms with Gasteiger partial charge in [-0.15, -0.1) is 0 Å². The number of fused-ring (bicyclic) bond motifs is 1. The van der Waals surface area contributed by atoms with Crippen LogP contribution in [0.1, 0.15) is 16.8 Å². The molecule has 0 bridgehead atoms. The van der Waals surface area contributed by atoms with Gasteiger partial charge in [0.15, 0.2) is 0 Å². The van der Waals surface area contributed by atoms with Crippen LogP contribution >= 0.6 is 0 Å². The zero-order valence-corrected chi connectivity index (χ0v) is 11.8. The molecule has 2 aromatic rings. The molecule has 1 aliphatic heterocycles. The van der Waals surface area contributed by atoms with Crippen molar-refractivity contribution in [2.45, 2.75) is 19.6 Å². The van der Waals surface area contributed by atoms with Crippen LogP contribution in [-0.2, 0) is 24.4 Å². The molecule has 108 valence electrons. The minimum Gasteiger partial charge on any atom is -0.495 e. The summed E-state index contributed by atoms with van der Waals surface area (Å²) < 4.78 is 10.8. The zero-order valence-electron chi connectivity index (χ0n) is 11.8. The number of benzene rings is 1. The molecule has 1 N–H and O–H groups in total. The molecule has 0 aliphatic carbocycles. The van der Waals surface area contributed by atoms with Crippen molar-refractivity contribution >= 4 is 5.91 Å². The molecule has 21 heavy (non-hydrogen) atoms. The highest BCUT2D eigenvalue weighted by Crippen LogP contribution is 2.21. The molecule has 5 nitrogen and oxygen atoms in total. The van der Waals surface area contributed by atoms with Gasteiger partial charge >= 0.3 is 0 Å². The van der Waals surface area contributed by atoms with Gasteiger partial charge in [-0.25, -0.2) is 0 Å². The highest BCUT2D eigenvalue weighted by Gasteiger charge is 2.15. The molecule has 0 saturated carbocycles. The van der Waals surface area contributed by atoms with Crippen molar-refractivity contribution in [3.63, 3.8) is 0 Å². The third kappa shape index (κ3) is 3.13. The maximum absolute atomic E-state index is 11.3. The fraction of sp³-hybridized carbons (Fsp3) is 0.250. The number of amides is 1. The summed E-state index contributed by atoms with van der Waals surface area (Å²) in [5.41, 5.74) is 3.00. The average Bonchev–Trinajstić information content (AvgIpc) is 2.53. The van der Waals surface area contributed by atoms with Gasteiger partial charge in [-0.05, 0) is 35.4 Å². The molecule has 2 heterocycles. The maximum Gasteiger partial charge on any atom is 0.224 e. The molecule has 5 heteroatoms. The standard InChI is InChI=1S/C16H16N2O3/c1-20-15-5-3-13(17-9-15)10-21-14-4-2-11-7-16(19)18-8-12(11)6-14/h2-6,9H,7-8,10H2,1H3,(H,18,19). The molecule has 1 aromatic carbocycles. The number of rotatable bonds is 4. The summed E-state index contributed by atoms with van der Waals surface area (Å²) in [4.78, 5) is 15.6. The van der Waals surface area contributed by atoms with E-state index in [0.29, 0.717) is 19.6 Å². The Labute approximate surface area is 122 Å². The van der Waals surface area contributed by atoms with Gasteiger partial charge in [0.05, 0.1) is 25.4 Å². The Morgan fingerprint density at radius 1 is 1.19 bits per heavy atom. The van der Waals surface area contributed by atoms with Gasteiger partial charge in [0.25, 0.3) is 0 Å². The van der Waals surface area contributed by atoms with Crippen LogP contribution in [0.25, 0.3) is 0 Å². The van der Waals surface area contributed by atoms with Crippen molar-refractivity contribution in [1.29, 1.82) is 0 Å². The molecule has 3 rings (SSSR count). The minimum atomic E-state index is 0.0681. The molecule has 0 unspecified atom stereocenters. The van der Waals surface area contributed by atoms with Crippen LogP contribution in [0, 0.1) is 0 Å². The van der Waals surface area contributed by atoms with Crippen molar-refractivity contribution in [3.8, 4) is 11.5 Å². The lowest BCUT2D eigenvalue weighted by Gasteiger charge is -2.17. The van der Waals surface area contributed by atoms with Gasteiger partial charge in [-0.3, -0.25) is 9.78 Å². The largest absolute Gasteiger partial charge is 0.495 e. The summed E-state index contributed by atoms with van der Waals surface area (Å²) in [5.74, 6) is 1.57. The van der Waals surface area contributed by atoms with Crippen LogP contribution in [0.4, 0.5) is 0 Å². The molecule has 0 spiro atoms. The van der Waals surface area contributed by atoms with Crippen LogP contribution in [0.5, 0.6) is 11.5 Å². The molecule has 1 amide bonds. The van der Waals surface area contributed by atoms with E-state index in [0.717, 1.165) is 28.3 Å². The zero-order chi connectivity index (χ0) is 14.7. The Balaban J connectivity index is 1.66. The lowest BCUT2D eigenvalue weighted by molar-refractivity contribution is -0.121. The van der Waals surface area contributed by atoms with E-state index in [1.165, 1.54) is 0 Å². The molecular formula is C16H16N2O3. The summed E-state index contributed by atoms with van der Waals surface area (Å²) in [5, 5.41) is 2.83. The average molecular weight is 284 g/mol. The first-order chi connectivity index (χ1) is 10.2. The quantitative estimate of drug-likeness (QED) is 0.930. The van der Waals surface area contributed by atoms with E-state index in [4.69, 9.17) is 9.47 Å². The summed E-state index contributed by atoms with van der Waals surface area (Å²) in [6.07, 6.45) is 2.11. The van der Waals surface area contributed by atoms with E-state index >= 15 is 0 Å². The van der Waals surface area contributed by atoms with E-state index in [1.807, 2.05) is 30.3 Å². The fourth-order valence-electron chi connectivity index (χ4n) is 2.23. The first kappa shape index (κ1) is 13.4. The second-order valence-corrected chi connectivity index (χ2v) is 4.86. The Morgan fingerprint density at radius 2 is 2.05 bits per heavy atom. The Kier molecular flexibility index (Phi) is 3.73. The topological polar surface area (TPSA) is 60.5 Å². The van der Waals surface area contributed by atoms with E-state index < -0.39 is 0 Å². The lowest BCUT2D eigenvalue weighted by Crippen LogP contribution is -2.30. The van der Waals surface area contributed by atoms with Gasteiger partial charge in [0, 0.05) is 6.54 Å². The highest BCUT2D eigenvalue weighted by molar-refractivity contribution is 5.80. The summed E-state index contributed by atoms with van der Waals surface area (Å²) >= 11 is 0. The number of aromatic nitrogens is 1. The van der Waals surface area contributed by atoms with Gasteiger partial charge in [-0.2, -0.15) is 0 Å². The number of hydrogen-bond donors (Lipinski definition) is 1. The van der Waals surface area contributed by atoms with Gasteiger partial charge in [-0.1, -0.05) is 6.07 Å². The van der Waals surface area contributed by atoms with E-state index in [9.17, 15) is 4.79 Å². The number of ether oxygens (including phenoxy) is 2. The fourth-order valence-corrected chi connectivity index (χ4v) is 2.23. The number of carbonyl (C=O) groups is 1. The lowest BCUT2D eigenvalue weighted by atomic mass is 10.0. The SMILES string of the molecule is COc1ccc(COc2ccc3c(c2)CNC(=O)C3)nc1. The highest BCUT2D eigenvalue weighted by atomic mass is 16.5. The second-order valence-electron chi connectivity index (χ2n) is 4.86. The third-order valence-corrected chi connectivity index (χ3v) is 3.42. The van der Waals surface area contributed by atoms with Crippen molar-refractivity contribution in [3.05, 3.63) is 53.3 Å². The number of nitrogens with zero attached hydrogens (tertiary/aromatic N) is 1. The first-order valence-electron chi connectivity index (χ1n) is 6.75. The molecule has 1 aliphatic rings. The maximum atomic E-state index is 11.3. The number of pyridine rings is 1. The van der Waals surface area contributed by atoms with E-state index in [1.54, 1.807) is 13.3 Å². The summed E-state index contributed by atoms with van der Waals surface area (Å²) in [7, 11) is 1.61. The predicted molar refractivity (Wildman–Crippen MR) is 77.1 cm³/mol. The number of methoxy groups -OCH3 is 1. The van der Waals surface area contributed by atoms with E-state index in [2.05, 4.69) is 10.3 Å². The van der Waals surface area contributed by atoms with Crippen LogP contribution in [0.2, 0.25) is 0 Å². The Hall–Kier alpha value is -2.56. The molecule has 0 atom stereocenters. The Bertz CT molecular complexity index is 653. The summed E-state index contributed by atoms with van der Waals surface area (Å²) in [6, 6.07) is 9.54. The molecular weight excluding hydrogens is 268 g/mol. The normalized spacial score (nSPS) is 13.3. The number of hydrogen-bond acceptors (Lipinski definition) is 4. The van der Waals surface area contributed by atoms with Gasteiger partial charge < -0.3 is 14.8 Å². The van der Waals surface area contributed by atoms with Gasteiger partial charge in [0.1, 0.15) is 18.1 Å². The van der Waals surface area contributed by atoms with Crippen LogP contribution in [-0.4, -0.2) is 18.0 Å². The van der Waals surface area contributed by atoms with Crippen LogP contribution in [0.3, 0.4) is 0 Å². The van der Waals surface area contributed by atoms with Crippen molar-refractivity contribution in [2.75, 3.05) is 7.11 Å². The van der Waals surface area contributed by atoms with Gasteiger partial charge in [0.2, 0.25) is 5.91 Å². The number of carbonyl (C=O) groups excluding carboxylic acids is 1. The van der Waals surface area contributed by atoms with Crippen LogP contribution < -0.4 is 14.8 Å². The molecule has 0 saturated heterocycles. The minimum absolute atomic E-state index is 0.0681. The van der Waals surface area contributed by atoms with Crippen molar-refractivity contribution in [1.82, 2.24) is 10.3 Å². The Morgan fingerprint density at radius 3 is 2.81 bits per heavy atom. The monoisotopic (exact) mass is 284 g/mol. The van der Waals surface area contributed by atoms with Crippen molar-refractivity contribution < 1.29 is 14.3 Å².